The Labute approximate surface area is 119 Å². The van der Waals surface area contributed by atoms with Gasteiger partial charge in [-0.25, -0.2) is 8.42 Å². The summed E-state index contributed by atoms with van der Waals surface area (Å²) < 4.78 is 27.0. The van der Waals surface area contributed by atoms with E-state index in [0.717, 1.165) is 18.4 Å². The zero-order chi connectivity index (χ0) is 14.0. The molecule has 1 fully saturated rings. The van der Waals surface area contributed by atoms with Gasteiger partial charge in [0.15, 0.2) is 0 Å². The minimum atomic E-state index is -3.30. The first-order chi connectivity index (χ1) is 8.95. The fourth-order valence-corrected chi connectivity index (χ4v) is 5.35. The smallest absolute Gasteiger partial charge is 0.252 e. The van der Waals surface area contributed by atoms with E-state index < -0.39 is 10.0 Å². The molecule has 0 radical (unpaired) electrons. The lowest BCUT2D eigenvalue weighted by atomic mass is 9.87. The van der Waals surface area contributed by atoms with Gasteiger partial charge in [-0.2, -0.15) is 4.31 Å². The molecule has 0 bridgehead atoms. The minimum absolute atomic E-state index is 0.390. The second kappa shape index (κ2) is 5.91. The number of piperidine rings is 1. The lowest BCUT2D eigenvalue weighted by Crippen LogP contribution is -2.39. The van der Waals surface area contributed by atoms with Gasteiger partial charge in [0.2, 0.25) is 0 Å². The van der Waals surface area contributed by atoms with Crippen LogP contribution in [-0.4, -0.2) is 25.8 Å². The lowest BCUT2D eigenvalue weighted by molar-refractivity contribution is 0.227. The molecule has 6 heteroatoms. The van der Waals surface area contributed by atoms with Crippen molar-refractivity contribution in [3.05, 3.63) is 17.0 Å². The van der Waals surface area contributed by atoms with Crippen LogP contribution in [0.25, 0.3) is 0 Å². The molecule has 2 rings (SSSR count). The summed E-state index contributed by atoms with van der Waals surface area (Å²) in [4.78, 5) is 0. The molecule has 0 atom stereocenters. The predicted molar refractivity (Wildman–Crippen MR) is 78.5 cm³/mol. The molecule has 0 unspecified atom stereocenters. The zero-order valence-corrected chi connectivity index (χ0v) is 13.1. The van der Waals surface area contributed by atoms with Crippen molar-refractivity contribution in [2.75, 3.05) is 13.1 Å². The van der Waals surface area contributed by atoms with Crippen molar-refractivity contribution in [1.82, 2.24) is 4.31 Å². The molecule has 0 aliphatic carbocycles. The van der Waals surface area contributed by atoms with E-state index in [2.05, 4.69) is 13.8 Å². The van der Waals surface area contributed by atoms with Gasteiger partial charge >= 0.3 is 0 Å². The third-order valence-electron chi connectivity index (χ3n) is 3.90. The Hall–Kier alpha value is -0.430. The highest BCUT2D eigenvalue weighted by Gasteiger charge is 2.31. The van der Waals surface area contributed by atoms with Gasteiger partial charge in [0, 0.05) is 19.6 Å². The Balaban J connectivity index is 2.09. The van der Waals surface area contributed by atoms with Crippen LogP contribution in [0.4, 0.5) is 0 Å². The second-order valence-corrected chi connectivity index (χ2v) is 8.54. The van der Waals surface area contributed by atoms with Crippen LogP contribution in [0.3, 0.4) is 0 Å². The number of rotatable bonds is 4. The van der Waals surface area contributed by atoms with Crippen molar-refractivity contribution in [2.45, 2.75) is 37.4 Å². The molecule has 0 amide bonds. The third-order valence-corrected chi connectivity index (χ3v) is 7.26. The molecule has 0 aromatic carbocycles. The van der Waals surface area contributed by atoms with Gasteiger partial charge < -0.3 is 5.73 Å². The Bertz CT molecular complexity index is 515. The Kier molecular flexibility index (Phi) is 4.66. The van der Waals surface area contributed by atoms with Crippen LogP contribution in [0.5, 0.6) is 0 Å². The summed E-state index contributed by atoms with van der Waals surface area (Å²) in [5.74, 6) is 1.28. The van der Waals surface area contributed by atoms with Gasteiger partial charge in [-0.15, -0.1) is 11.3 Å². The third kappa shape index (κ3) is 3.18. The van der Waals surface area contributed by atoms with Crippen LogP contribution < -0.4 is 5.73 Å². The molecule has 2 N–H and O–H groups in total. The number of thiophene rings is 1. The first kappa shape index (κ1) is 15.0. The largest absolute Gasteiger partial charge is 0.326 e. The van der Waals surface area contributed by atoms with Crippen molar-refractivity contribution in [3.8, 4) is 0 Å². The quantitative estimate of drug-likeness (QED) is 0.928. The van der Waals surface area contributed by atoms with Crippen molar-refractivity contribution in [2.24, 2.45) is 17.6 Å². The van der Waals surface area contributed by atoms with Crippen LogP contribution in [-0.2, 0) is 16.6 Å². The first-order valence-electron chi connectivity index (χ1n) is 6.72. The van der Waals surface area contributed by atoms with E-state index in [1.165, 1.54) is 11.3 Å². The normalized spacial score (nSPS) is 19.2. The van der Waals surface area contributed by atoms with Crippen LogP contribution in [0.2, 0.25) is 0 Å². The molecule has 19 heavy (non-hydrogen) atoms. The zero-order valence-electron chi connectivity index (χ0n) is 11.5. The number of hydrogen-bond acceptors (Lipinski definition) is 4. The summed E-state index contributed by atoms with van der Waals surface area (Å²) in [5, 5.41) is 1.83. The number of nitrogens with two attached hydrogens (primary N) is 1. The van der Waals surface area contributed by atoms with Crippen LogP contribution in [0, 0.1) is 11.8 Å². The molecule has 0 spiro atoms. The van der Waals surface area contributed by atoms with Gasteiger partial charge in [0.1, 0.15) is 4.21 Å². The first-order valence-corrected chi connectivity index (χ1v) is 9.04. The van der Waals surface area contributed by atoms with Crippen molar-refractivity contribution in [3.63, 3.8) is 0 Å². The predicted octanol–water partition coefficient (Wildman–Crippen LogP) is 2.26. The van der Waals surface area contributed by atoms with Gasteiger partial charge in [-0.1, -0.05) is 13.8 Å². The second-order valence-electron chi connectivity index (χ2n) is 5.46. The molecule has 1 aliphatic heterocycles. The van der Waals surface area contributed by atoms with E-state index in [1.807, 2.05) is 5.38 Å². The summed E-state index contributed by atoms with van der Waals surface area (Å²) in [5.41, 5.74) is 6.42. The molecule has 0 saturated carbocycles. The lowest BCUT2D eigenvalue weighted by Gasteiger charge is -2.32. The number of sulfonamides is 1. The summed E-state index contributed by atoms with van der Waals surface area (Å²) in [6.45, 7) is 6.09. The number of nitrogens with zero attached hydrogens (tertiary/aromatic N) is 1. The topological polar surface area (TPSA) is 63.4 Å². The molecule has 108 valence electrons. The van der Waals surface area contributed by atoms with Crippen molar-refractivity contribution >= 4 is 21.4 Å². The van der Waals surface area contributed by atoms with Crippen LogP contribution in [0.1, 0.15) is 32.3 Å². The van der Waals surface area contributed by atoms with E-state index in [4.69, 9.17) is 5.73 Å². The SMILES string of the molecule is CC(C)C1CCN(S(=O)(=O)c2cc(CN)cs2)CC1. The van der Waals surface area contributed by atoms with Crippen molar-refractivity contribution in [1.29, 1.82) is 0 Å². The van der Waals surface area contributed by atoms with E-state index in [1.54, 1.807) is 10.4 Å². The highest BCUT2D eigenvalue weighted by Crippen LogP contribution is 2.30. The maximum Gasteiger partial charge on any atom is 0.252 e. The van der Waals surface area contributed by atoms with Crippen LogP contribution in [0.15, 0.2) is 15.7 Å². The maximum absolute atomic E-state index is 12.5. The molecular formula is C13H22N2O2S2. The summed E-state index contributed by atoms with van der Waals surface area (Å²) in [7, 11) is -3.30. The fraction of sp³-hybridized carbons (Fsp3) is 0.692. The maximum atomic E-state index is 12.5. The standard InChI is InChI=1S/C13H22N2O2S2/c1-10(2)12-3-5-15(6-4-12)19(16,17)13-7-11(8-14)9-18-13/h7,9-10,12H,3-6,8,14H2,1-2H3. The summed E-state index contributed by atoms with van der Waals surface area (Å²) >= 11 is 1.27. The molecule has 2 heterocycles. The van der Waals surface area contributed by atoms with E-state index in [0.29, 0.717) is 35.7 Å². The van der Waals surface area contributed by atoms with Gasteiger partial charge in [-0.3, -0.25) is 0 Å². The van der Waals surface area contributed by atoms with E-state index in [9.17, 15) is 8.42 Å². The van der Waals surface area contributed by atoms with Gasteiger partial charge in [0.05, 0.1) is 0 Å². The molecule has 4 nitrogen and oxygen atoms in total. The molecule has 1 saturated heterocycles. The monoisotopic (exact) mass is 302 g/mol. The van der Waals surface area contributed by atoms with E-state index in [-0.39, 0.29) is 0 Å². The summed E-state index contributed by atoms with van der Waals surface area (Å²) in [6.07, 6.45) is 1.93. The highest BCUT2D eigenvalue weighted by atomic mass is 32.2. The van der Waals surface area contributed by atoms with Gasteiger partial charge in [0.25, 0.3) is 10.0 Å². The van der Waals surface area contributed by atoms with Crippen LogP contribution >= 0.6 is 11.3 Å². The fourth-order valence-electron chi connectivity index (χ4n) is 2.51. The highest BCUT2D eigenvalue weighted by molar-refractivity contribution is 7.91. The molecule has 1 aromatic heterocycles. The molecule has 1 aromatic rings. The van der Waals surface area contributed by atoms with Crippen molar-refractivity contribution < 1.29 is 8.42 Å². The van der Waals surface area contributed by atoms with Gasteiger partial charge in [-0.05, 0) is 41.7 Å². The average molecular weight is 302 g/mol. The van der Waals surface area contributed by atoms with E-state index >= 15 is 0 Å². The minimum Gasteiger partial charge on any atom is -0.326 e. The Morgan fingerprint density at radius 2 is 2.05 bits per heavy atom. The Morgan fingerprint density at radius 1 is 1.42 bits per heavy atom. The Morgan fingerprint density at radius 3 is 2.53 bits per heavy atom. The summed E-state index contributed by atoms with van der Waals surface area (Å²) in [6, 6.07) is 1.70. The average Bonchev–Trinajstić information content (AvgIpc) is 2.88. The number of hydrogen-bond donors (Lipinski definition) is 1. The molecule has 1 aliphatic rings. The molecular weight excluding hydrogens is 280 g/mol.